The van der Waals surface area contributed by atoms with Gasteiger partial charge in [-0.25, -0.2) is 0 Å². The summed E-state index contributed by atoms with van der Waals surface area (Å²) in [6, 6.07) is 11.0. The summed E-state index contributed by atoms with van der Waals surface area (Å²) in [5, 5.41) is 5.62. The summed E-state index contributed by atoms with van der Waals surface area (Å²) < 4.78 is 9.60. The number of aryl methyl sites for hydroxylation is 1. The lowest BCUT2D eigenvalue weighted by molar-refractivity contribution is 0.300. The average Bonchev–Trinajstić information content (AvgIpc) is 2.93. The fourth-order valence-corrected chi connectivity index (χ4v) is 4.72. The van der Waals surface area contributed by atoms with Crippen LogP contribution in [0.15, 0.2) is 53.6 Å². The van der Waals surface area contributed by atoms with Crippen molar-refractivity contribution in [3.63, 3.8) is 0 Å². The second-order valence-corrected chi connectivity index (χ2v) is 8.75. The SMILES string of the molecule is Cl.Cl.Cn1c2c(c3ccc(-n4ccc(OCc5ncc(Cl)cc5Cl)cc4=O)cc31)CNCCC2. The summed E-state index contributed by atoms with van der Waals surface area (Å²) in [7, 11) is 2.10. The second kappa shape index (κ2) is 11.0. The van der Waals surface area contributed by atoms with Crippen LogP contribution in [0.1, 0.15) is 23.4 Å². The molecule has 0 aliphatic carbocycles. The minimum absolute atomic E-state index is 0. The van der Waals surface area contributed by atoms with E-state index < -0.39 is 0 Å². The van der Waals surface area contributed by atoms with E-state index in [2.05, 4.69) is 34.0 Å². The number of benzene rings is 1. The Morgan fingerprint density at radius 2 is 1.97 bits per heavy atom. The number of hydrogen-bond acceptors (Lipinski definition) is 4. The van der Waals surface area contributed by atoms with E-state index >= 15 is 0 Å². The summed E-state index contributed by atoms with van der Waals surface area (Å²) in [4.78, 5) is 17.0. The number of pyridine rings is 2. The number of fused-ring (bicyclic) bond motifs is 3. The summed E-state index contributed by atoms with van der Waals surface area (Å²) in [5.41, 5.74) is 5.06. The Morgan fingerprint density at radius 1 is 1.15 bits per heavy atom. The van der Waals surface area contributed by atoms with Gasteiger partial charge in [-0.3, -0.25) is 14.3 Å². The third-order valence-corrected chi connectivity index (χ3v) is 6.45. The molecular weight excluding hydrogens is 518 g/mol. The Balaban J connectivity index is 0.00000162. The lowest BCUT2D eigenvalue weighted by Gasteiger charge is -2.10. The van der Waals surface area contributed by atoms with Crippen molar-refractivity contribution >= 4 is 58.9 Å². The van der Waals surface area contributed by atoms with Gasteiger partial charge in [-0.2, -0.15) is 0 Å². The highest BCUT2D eigenvalue weighted by atomic mass is 35.5. The van der Waals surface area contributed by atoms with Crippen LogP contribution in [0.4, 0.5) is 0 Å². The van der Waals surface area contributed by atoms with Crippen molar-refractivity contribution in [3.05, 3.63) is 86.1 Å². The molecule has 180 valence electrons. The highest BCUT2D eigenvalue weighted by Crippen LogP contribution is 2.29. The standard InChI is InChI=1S/C24H22Cl2N4O2.2ClH/c1-29-22-3-2-7-27-13-19(22)18-5-4-16(10-23(18)29)30-8-6-17(11-24(30)31)32-14-21-20(26)9-15(25)12-28-21;;/h4-6,8-12,27H,2-3,7,13-14H2,1H3;2*1H. The van der Waals surface area contributed by atoms with Gasteiger partial charge in [0.1, 0.15) is 12.4 Å². The van der Waals surface area contributed by atoms with Crippen LogP contribution >= 0.6 is 48.0 Å². The first kappa shape index (κ1) is 26.4. The van der Waals surface area contributed by atoms with E-state index in [0.29, 0.717) is 21.5 Å². The molecule has 0 saturated carbocycles. The van der Waals surface area contributed by atoms with E-state index in [9.17, 15) is 4.79 Å². The number of halogens is 4. The molecule has 0 amide bonds. The van der Waals surface area contributed by atoms with Crippen molar-refractivity contribution in [2.45, 2.75) is 26.0 Å². The monoisotopic (exact) mass is 540 g/mol. The molecule has 1 aliphatic rings. The fourth-order valence-electron chi connectivity index (χ4n) is 4.28. The molecule has 4 aromatic rings. The molecule has 1 N–H and O–H groups in total. The van der Waals surface area contributed by atoms with E-state index in [4.69, 9.17) is 27.9 Å². The number of aromatic nitrogens is 3. The van der Waals surface area contributed by atoms with Crippen molar-refractivity contribution in [1.82, 2.24) is 19.4 Å². The van der Waals surface area contributed by atoms with Crippen molar-refractivity contribution in [2.75, 3.05) is 6.54 Å². The predicted molar refractivity (Wildman–Crippen MR) is 142 cm³/mol. The number of ether oxygens (including phenoxy) is 1. The van der Waals surface area contributed by atoms with Crippen LogP contribution in [0.5, 0.6) is 5.75 Å². The smallest absolute Gasteiger partial charge is 0.258 e. The zero-order chi connectivity index (χ0) is 22.2. The molecule has 0 unspecified atom stereocenters. The van der Waals surface area contributed by atoms with Crippen LogP contribution in [-0.4, -0.2) is 20.7 Å². The zero-order valence-electron chi connectivity index (χ0n) is 18.4. The molecule has 0 fully saturated rings. The summed E-state index contributed by atoms with van der Waals surface area (Å²) in [6.45, 7) is 2.07. The Hall–Kier alpha value is -2.22. The average molecular weight is 542 g/mol. The summed E-state index contributed by atoms with van der Waals surface area (Å²) in [5.74, 6) is 0.455. The van der Waals surface area contributed by atoms with Gasteiger partial charge in [0, 0.05) is 43.1 Å². The Bertz CT molecular complexity index is 1380. The van der Waals surface area contributed by atoms with Crippen molar-refractivity contribution in [2.24, 2.45) is 7.05 Å². The molecule has 0 atom stereocenters. The van der Waals surface area contributed by atoms with Crippen molar-refractivity contribution < 1.29 is 4.74 Å². The van der Waals surface area contributed by atoms with Gasteiger partial charge in [-0.15, -0.1) is 24.8 Å². The fraction of sp³-hybridized carbons (Fsp3) is 0.250. The molecule has 0 saturated heterocycles. The van der Waals surface area contributed by atoms with Gasteiger partial charge in [0.15, 0.2) is 0 Å². The van der Waals surface area contributed by atoms with E-state index in [-0.39, 0.29) is 37.0 Å². The topological polar surface area (TPSA) is 61.1 Å². The molecule has 10 heteroatoms. The van der Waals surface area contributed by atoms with Crippen LogP contribution in [0.3, 0.4) is 0 Å². The first-order valence-electron chi connectivity index (χ1n) is 10.5. The Morgan fingerprint density at radius 3 is 2.74 bits per heavy atom. The molecule has 5 rings (SSSR count). The third-order valence-electron chi connectivity index (χ3n) is 5.92. The van der Waals surface area contributed by atoms with E-state index in [1.165, 1.54) is 28.9 Å². The van der Waals surface area contributed by atoms with Crippen LogP contribution in [0.25, 0.3) is 16.6 Å². The number of nitrogens with zero attached hydrogens (tertiary/aromatic N) is 3. The maximum Gasteiger partial charge on any atom is 0.258 e. The highest BCUT2D eigenvalue weighted by molar-refractivity contribution is 6.34. The van der Waals surface area contributed by atoms with Gasteiger partial charge in [0.25, 0.3) is 5.56 Å². The summed E-state index contributed by atoms with van der Waals surface area (Å²) >= 11 is 12.0. The number of hydrogen-bond donors (Lipinski definition) is 1. The van der Waals surface area contributed by atoms with Crippen LogP contribution < -0.4 is 15.6 Å². The molecule has 1 aliphatic heterocycles. The van der Waals surface area contributed by atoms with E-state index in [1.54, 1.807) is 22.9 Å². The van der Waals surface area contributed by atoms with Crippen LogP contribution in [0, 0.1) is 0 Å². The molecule has 1 aromatic carbocycles. The third kappa shape index (κ3) is 5.07. The zero-order valence-corrected chi connectivity index (χ0v) is 21.5. The minimum Gasteiger partial charge on any atom is -0.487 e. The maximum atomic E-state index is 12.8. The second-order valence-electron chi connectivity index (χ2n) is 7.91. The minimum atomic E-state index is -0.172. The van der Waals surface area contributed by atoms with Crippen LogP contribution in [-0.2, 0) is 26.6 Å². The largest absolute Gasteiger partial charge is 0.487 e. The first-order chi connectivity index (χ1) is 15.5. The molecule has 0 bridgehead atoms. The molecule has 4 heterocycles. The predicted octanol–water partition coefficient (Wildman–Crippen LogP) is 5.49. The first-order valence-corrected chi connectivity index (χ1v) is 11.2. The summed E-state index contributed by atoms with van der Waals surface area (Å²) in [6.07, 6.45) is 5.42. The molecule has 0 spiro atoms. The van der Waals surface area contributed by atoms with Gasteiger partial charge in [0.2, 0.25) is 0 Å². The lowest BCUT2D eigenvalue weighted by Crippen LogP contribution is -2.17. The number of rotatable bonds is 4. The van der Waals surface area contributed by atoms with Gasteiger partial charge in [-0.05, 0) is 49.2 Å². The Kier molecular flexibility index (Phi) is 8.55. The lowest BCUT2D eigenvalue weighted by atomic mass is 10.1. The Labute approximate surface area is 219 Å². The highest BCUT2D eigenvalue weighted by Gasteiger charge is 2.17. The normalized spacial score (nSPS) is 12.9. The van der Waals surface area contributed by atoms with Gasteiger partial charge in [-0.1, -0.05) is 29.3 Å². The van der Waals surface area contributed by atoms with E-state index in [0.717, 1.165) is 37.1 Å². The molecule has 34 heavy (non-hydrogen) atoms. The maximum absolute atomic E-state index is 12.8. The molecule has 0 radical (unpaired) electrons. The number of nitrogens with one attached hydrogen (secondary N) is 1. The van der Waals surface area contributed by atoms with Gasteiger partial charge in [0.05, 0.1) is 26.9 Å². The molecular formula is C24H24Cl4N4O2. The van der Waals surface area contributed by atoms with E-state index in [1.807, 2.05) is 6.07 Å². The quantitative estimate of drug-likeness (QED) is 0.371. The van der Waals surface area contributed by atoms with Gasteiger partial charge < -0.3 is 14.6 Å². The molecule has 6 nitrogen and oxygen atoms in total. The van der Waals surface area contributed by atoms with Crippen molar-refractivity contribution in [1.29, 1.82) is 0 Å². The molecule has 3 aromatic heterocycles. The van der Waals surface area contributed by atoms with Crippen LogP contribution in [0.2, 0.25) is 10.0 Å². The van der Waals surface area contributed by atoms with Crippen molar-refractivity contribution in [3.8, 4) is 11.4 Å². The van der Waals surface area contributed by atoms with Gasteiger partial charge >= 0.3 is 0 Å².